The minimum absolute atomic E-state index is 0. The third-order valence-corrected chi connectivity index (χ3v) is 9.46. The van der Waals surface area contributed by atoms with E-state index in [9.17, 15) is 26.3 Å². The first-order valence-corrected chi connectivity index (χ1v) is 14.3. The number of nitrogens with zero attached hydrogens (tertiary/aromatic N) is 6. The first kappa shape index (κ1) is 33.0. The molecule has 0 unspecified atom stereocenters. The van der Waals surface area contributed by atoms with Gasteiger partial charge in [0.25, 0.3) is 0 Å². The number of thioether (sulfide) groups is 2. The van der Waals surface area contributed by atoms with Crippen LogP contribution < -0.4 is 0 Å². The second kappa shape index (κ2) is 13.5. The van der Waals surface area contributed by atoms with E-state index in [4.69, 9.17) is 34.8 Å². The van der Waals surface area contributed by atoms with Crippen LogP contribution in [0.5, 0.6) is 0 Å². The minimum atomic E-state index is -4.53. The first-order valence-electron chi connectivity index (χ1n) is 9.52. The van der Waals surface area contributed by atoms with Crippen molar-refractivity contribution in [2.24, 2.45) is 14.1 Å². The van der Waals surface area contributed by atoms with Crippen LogP contribution >= 0.6 is 81.0 Å². The third-order valence-electron chi connectivity index (χ3n) is 4.22. The molecule has 4 aromatic heterocycles. The van der Waals surface area contributed by atoms with Crippen molar-refractivity contribution in [1.29, 1.82) is 0 Å². The van der Waals surface area contributed by atoms with E-state index in [2.05, 4.69) is 20.2 Å². The van der Waals surface area contributed by atoms with Crippen LogP contribution in [0.3, 0.4) is 0 Å². The summed E-state index contributed by atoms with van der Waals surface area (Å²) in [6.07, 6.45) is -5.97. The summed E-state index contributed by atoms with van der Waals surface area (Å²) in [5.74, 6) is 0.125. The average molecular weight is 678 g/mol. The molecule has 0 aliphatic heterocycles. The zero-order valence-corrected chi connectivity index (χ0v) is 23.9. The molecule has 0 aliphatic carbocycles. The number of thiazole rings is 2. The van der Waals surface area contributed by atoms with E-state index in [1.807, 2.05) is 0 Å². The molecule has 0 radical (unpaired) electrons. The molecule has 4 rings (SSSR count). The number of aromatic nitrogens is 6. The van der Waals surface area contributed by atoms with E-state index in [1.54, 1.807) is 11.6 Å². The molecular weight excluding hydrogens is 661 g/mol. The maximum atomic E-state index is 12.8. The molecule has 4 aromatic rings. The predicted molar refractivity (Wildman–Crippen MR) is 142 cm³/mol. The van der Waals surface area contributed by atoms with Gasteiger partial charge in [-0.05, 0) is 0 Å². The summed E-state index contributed by atoms with van der Waals surface area (Å²) in [5, 5.41) is 8.56. The SMILES string of the molecule is C.Cn1nc(C(F)(F)F)c(CSc2ncc(Cl)s2)c1Cl.Cn1nc(C(F)(F)F)c(CSc2nccs2)c1Cl. The molecule has 0 fully saturated rings. The van der Waals surface area contributed by atoms with Gasteiger partial charge in [-0.2, -0.15) is 36.5 Å². The number of hydrogen-bond acceptors (Lipinski definition) is 8. The summed E-state index contributed by atoms with van der Waals surface area (Å²) >= 11 is 22.3. The highest BCUT2D eigenvalue weighted by Gasteiger charge is 2.39. The summed E-state index contributed by atoms with van der Waals surface area (Å²) in [4.78, 5) is 7.95. The summed E-state index contributed by atoms with van der Waals surface area (Å²) in [6, 6.07) is 0. The highest BCUT2D eigenvalue weighted by molar-refractivity contribution is 8.00. The van der Waals surface area contributed by atoms with Crippen LogP contribution in [0.25, 0.3) is 0 Å². The van der Waals surface area contributed by atoms with E-state index < -0.39 is 23.7 Å². The molecule has 0 amide bonds. The lowest BCUT2D eigenvalue weighted by atomic mass is 10.3. The zero-order valence-electron chi connectivity index (χ0n) is 18.4. The monoisotopic (exact) mass is 676 g/mol. The molecule has 0 saturated carbocycles. The van der Waals surface area contributed by atoms with Gasteiger partial charge in [-0.25, -0.2) is 9.97 Å². The molecule has 6 nitrogen and oxygen atoms in total. The Kier molecular flexibility index (Phi) is 11.7. The Hall–Kier alpha value is -1.17. The molecule has 0 bridgehead atoms. The lowest BCUT2D eigenvalue weighted by molar-refractivity contribution is -0.142. The van der Waals surface area contributed by atoms with Gasteiger partial charge in [-0.1, -0.05) is 77.1 Å². The lowest BCUT2D eigenvalue weighted by Crippen LogP contribution is -2.09. The van der Waals surface area contributed by atoms with Crippen LogP contribution in [0.4, 0.5) is 26.3 Å². The standard InChI is InChI=1S/C9H6Cl2F3N3S2.C9H7ClF3N3S2.CH4/c1-17-7(11)4(6(16-17)9(12,13)14)3-18-8-15-2-5(10)19-8;1-16-7(10)5(6(15-16)9(11,12)13)4-18-8-14-2-3-17-8;/h2H,3H2,1H3;2-3H,4H2,1H3;1H4. The molecule has 0 saturated heterocycles. The fourth-order valence-corrected chi connectivity index (χ4v) is 6.99. The van der Waals surface area contributed by atoms with Crippen molar-refractivity contribution in [3.8, 4) is 0 Å². The van der Waals surface area contributed by atoms with Crippen molar-refractivity contribution in [3.63, 3.8) is 0 Å². The van der Waals surface area contributed by atoms with Crippen molar-refractivity contribution in [3.05, 3.63) is 54.9 Å². The van der Waals surface area contributed by atoms with Crippen LogP contribution in [0.1, 0.15) is 29.9 Å². The molecule has 38 heavy (non-hydrogen) atoms. The topological polar surface area (TPSA) is 61.4 Å². The highest BCUT2D eigenvalue weighted by Crippen LogP contribution is 2.39. The van der Waals surface area contributed by atoms with Crippen LogP contribution in [-0.2, 0) is 38.0 Å². The van der Waals surface area contributed by atoms with Gasteiger partial charge < -0.3 is 0 Å². The number of rotatable bonds is 6. The Morgan fingerprint density at radius 3 is 1.66 bits per heavy atom. The quantitative estimate of drug-likeness (QED) is 0.150. The molecule has 0 spiro atoms. The smallest absolute Gasteiger partial charge is 0.256 e. The van der Waals surface area contributed by atoms with Crippen molar-refractivity contribution < 1.29 is 26.3 Å². The van der Waals surface area contributed by atoms with E-state index >= 15 is 0 Å². The van der Waals surface area contributed by atoms with E-state index in [1.165, 1.54) is 54.7 Å². The molecule has 0 N–H and O–H groups in total. The second-order valence-corrected chi connectivity index (χ2v) is 12.5. The van der Waals surface area contributed by atoms with E-state index in [-0.39, 0.29) is 40.4 Å². The fraction of sp³-hybridized carbons (Fsp3) is 0.368. The van der Waals surface area contributed by atoms with Gasteiger partial charge in [-0.15, -0.1) is 11.3 Å². The Bertz CT molecular complexity index is 1330. The summed E-state index contributed by atoms with van der Waals surface area (Å²) in [5.41, 5.74) is -1.95. The van der Waals surface area contributed by atoms with Crippen molar-refractivity contribution >= 4 is 81.0 Å². The largest absolute Gasteiger partial charge is 0.435 e. The third kappa shape index (κ3) is 8.41. The summed E-state index contributed by atoms with van der Waals surface area (Å²) in [7, 11) is 2.75. The lowest BCUT2D eigenvalue weighted by Gasteiger charge is -2.05. The maximum absolute atomic E-state index is 12.8. The molecular formula is C19H17Cl3F6N6S4. The van der Waals surface area contributed by atoms with Crippen LogP contribution in [0.2, 0.25) is 14.6 Å². The number of aryl methyl sites for hydroxylation is 2. The second-order valence-electron chi connectivity index (χ2n) is 6.78. The van der Waals surface area contributed by atoms with Gasteiger partial charge in [0.15, 0.2) is 15.7 Å². The van der Waals surface area contributed by atoms with Crippen LogP contribution in [0, 0.1) is 0 Å². The Balaban J connectivity index is 0.000000260. The van der Waals surface area contributed by atoms with Gasteiger partial charge >= 0.3 is 12.4 Å². The number of hydrogen-bond donors (Lipinski definition) is 0. The Morgan fingerprint density at radius 2 is 1.29 bits per heavy atom. The van der Waals surface area contributed by atoms with Crippen molar-refractivity contribution in [2.75, 3.05) is 0 Å². The van der Waals surface area contributed by atoms with Gasteiger partial charge in [0.05, 0.1) is 6.20 Å². The predicted octanol–water partition coefficient (Wildman–Crippen LogP) is 8.97. The van der Waals surface area contributed by atoms with Crippen LogP contribution in [0.15, 0.2) is 26.5 Å². The van der Waals surface area contributed by atoms with Gasteiger partial charge in [0, 0.05) is 48.3 Å². The van der Waals surface area contributed by atoms with Gasteiger partial charge in [0.2, 0.25) is 0 Å². The molecule has 0 aromatic carbocycles. The normalized spacial score (nSPS) is 11.8. The summed E-state index contributed by atoms with van der Waals surface area (Å²) < 4.78 is 80.4. The van der Waals surface area contributed by atoms with Gasteiger partial charge in [0.1, 0.15) is 19.0 Å². The van der Waals surface area contributed by atoms with Crippen molar-refractivity contribution in [1.82, 2.24) is 29.5 Å². The molecule has 19 heteroatoms. The first-order chi connectivity index (χ1) is 17.2. The zero-order chi connectivity index (χ0) is 27.5. The molecule has 210 valence electrons. The van der Waals surface area contributed by atoms with E-state index in [0.717, 1.165) is 21.1 Å². The number of alkyl halides is 6. The summed E-state index contributed by atoms with van der Waals surface area (Å²) in [6.45, 7) is 0. The minimum Gasteiger partial charge on any atom is -0.256 e. The molecule has 0 aliphatic rings. The van der Waals surface area contributed by atoms with Gasteiger partial charge in [-0.3, -0.25) is 9.36 Å². The Labute approximate surface area is 244 Å². The van der Waals surface area contributed by atoms with Crippen molar-refractivity contribution in [2.45, 2.75) is 40.0 Å². The molecule has 4 heterocycles. The average Bonchev–Trinajstić information content (AvgIpc) is 3.57. The Morgan fingerprint density at radius 1 is 0.816 bits per heavy atom. The fourth-order valence-electron chi connectivity index (χ4n) is 2.66. The highest BCUT2D eigenvalue weighted by atomic mass is 35.5. The maximum Gasteiger partial charge on any atom is 0.435 e. The number of halogens is 9. The van der Waals surface area contributed by atoms with Crippen LogP contribution in [-0.4, -0.2) is 29.5 Å². The van der Waals surface area contributed by atoms with E-state index in [0.29, 0.717) is 13.0 Å². The molecule has 0 atom stereocenters.